The van der Waals surface area contributed by atoms with E-state index >= 15 is 0 Å². The number of rotatable bonds is 2. The molecule has 1 aliphatic carbocycles. The van der Waals surface area contributed by atoms with E-state index in [9.17, 15) is 10.2 Å². The lowest BCUT2D eigenvalue weighted by Gasteiger charge is -2.07. The first kappa shape index (κ1) is 10.2. The van der Waals surface area contributed by atoms with Gasteiger partial charge in [0.15, 0.2) is 0 Å². The molecule has 0 radical (unpaired) electrons. The molecule has 3 nitrogen and oxygen atoms in total. The predicted octanol–water partition coefficient (Wildman–Crippen LogP) is 0.709. The van der Waals surface area contributed by atoms with Crippen molar-refractivity contribution in [1.29, 1.82) is 0 Å². The number of hydrogen-bond donors (Lipinski definition) is 2. The fourth-order valence-electron chi connectivity index (χ4n) is 1.35. The van der Waals surface area contributed by atoms with Crippen LogP contribution in [-0.2, 0) is 0 Å². The monoisotopic (exact) mass is 203 g/mol. The maximum Gasteiger partial charge on any atom is 0.117 e. The van der Waals surface area contributed by atoms with Crippen molar-refractivity contribution in [3.8, 4) is 11.8 Å². The molecule has 3 heteroatoms. The quantitative estimate of drug-likeness (QED) is 0.696. The van der Waals surface area contributed by atoms with Crippen molar-refractivity contribution in [3.63, 3.8) is 0 Å². The molecule has 0 amide bonds. The van der Waals surface area contributed by atoms with E-state index in [1.54, 1.807) is 12.3 Å². The lowest BCUT2D eigenvalue weighted by Crippen LogP contribution is -2.16. The van der Waals surface area contributed by atoms with Gasteiger partial charge < -0.3 is 10.2 Å². The van der Waals surface area contributed by atoms with Crippen LogP contribution in [0.5, 0.6) is 0 Å². The van der Waals surface area contributed by atoms with Gasteiger partial charge in [-0.25, -0.2) is 4.98 Å². The highest BCUT2D eigenvalue weighted by molar-refractivity contribution is 5.28. The smallest absolute Gasteiger partial charge is 0.117 e. The molecule has 78 valence electrons. The predicted molar refractivity (Wildman–Crippen MR) is 55.9 cm³/mol. The maximum atomic E-state index is 9.55. The van der Waals surface area contributed by atoms with Gasteiger partial charge >= 0.3 is 0 Å². The van der Waals surface area contributed by atoms with Crippen molar-refractivity contribution >= 4 is 0 Å². The summed E-state index contributed by atoms with van der Waals surface area (Å²) in [4.78, 5) is 4.02. The fraction of sp³-hybridized carbons (Fsp3) is 0.417. The molecular formula is C12H13NO2. The normalized spacial score (nSPS) is 18.8. The van der Waals surface area contributed by atoms with Gasteiger partial charge in [-0.15, -0.1) is 0 Å². The summed E-state index contributed by atoms with van der Waals surface area (Å²) in [6, 6.07) is 5.44. The largest absolute Gasteiger partial charge is 0.390 e. The van der Waals surface area contributed by atoms with E-state index in [0.29, 0.717) is 12.1 Å². The standard InChI is InChI=1S/C12H13NO2/c14-11(9-12(15)6-7-12)5-4-10-3-1-2-8-13-10/h1-3,8,11,14-15H,6-7,9H2/t11-/m1/s1. The molecule has 2 rings (SSSR count). The second kappa shape index (κ2) is 4.01. The third-order valence-electron chi connectivity index (χ3n) is 2.43. The topological polar surface area (TPSA) is 53.4 Å². The van der Waals surface area contributed by atoms with Crippen molar-refractivity contribution < 1.29 is 10.2 Å². The molecule has 1 heterocycles. The summed E-state index contributed by atoms with van der Waals surface area (Å²) in [5, 5.41) is 19.1. The Morgan fingerprint density at radius 1 is 1.47 bits per heavy atom. The first-order valence-electron chi connectivity index (χ1n) is 5.01. The average molecular weight is 203 g/mol. The zero-order chi connectivity index (χ0) is 10.7. The number of aromatic nitrogens is 1. The van der Waals surface area contributed by atoms with E-state index < -0.39 is 11.7 Å². The van der Waals surface area contributed by atoms with E-state index in [1.807, 2.05) is 12.1 Å². The van der Waals surface area contributed by atoms with Crippen LogP contribution in [0.3, 0.4) is 0 Å². The minimum atomic E-state index is -0.764. The molecule has 2 N–H and O–H groups in total. The van der Waals surface area contributed by atoms with E-state index in [2.05, 4.69) is 16.8 Å². The Labute approximate surface area is 88.8 Å². The Bertz CT molecular complexity index is 387. The highest BCUT2D eigenvalue weighted by Crippen LogP contribution is 2.39. The Hall–Kier alpha value is -1.37. The number of pyridine rings is 1. The summed E-state index contributed by atoms with van der Waals surface area (Å²) < 4.78 is 0. The summed E-state index contributed by atoms with van der Waals surface area (Å²) in [6.07, 6.45) is 2.78. The van der Waals surface area contributed by atoms with Crippen molar-refractivity contribution in [3.05, 3.63) is 30.1 Å². The Balaban J connectivity index is 1.93. The summed E-state index contributed by atoms with van der Waals surface area (Å²) in [6.45, 7) is 0. The summed E-state index contributed by atoms with van der Waals surface area (Å²) >= 11 is 0. The van der Waals surface area contributed by atoms with E-state index in [4.69, 9.17) is 0 Å². The zero-order valence-corrected chi connectivity index (χ0v) is 8.35. The van der Waals surface area contributed by atoms with Crippen LogP contribution < -0.4 is 0 Å². The average Bonchev–Trinajstić information content (AvgIpc) is 2.95. The van der Waals surface area contributed by atoms with Gasteiger partial charge in [-0.05, 0) is 30.9 Å². The zero-order valence-electron chi connectivity index (χ0n) is 8.35. The molecule has 1 aliphatic rings. The summed E-state index contributed by atoms with van der Waals surface area (Å²) in [5.74, 6) is 5.45. The first-order chi connectivity index (χ1) is 7.18. The van der Waals surface area contributed by atoms with Crippen molar-refractivity contribution in [2.75, 3.05) is 0 Å². The van der Waals surface area contributed by atoms with Crippen molar-refractivity contribution in [2.45, 2.75) is 31.0 Å². The highest BCUT2D eigenvalue weighted by atomic mass is 16.3. The highest BCUT2D eigenvalue weighted by Gasteiger charge is 2.41. The molecule has 1 aromatic heterocycles. The molecule has 0 spiro atoms. The molecule has 0 saturated heterocycles. The number of hydrogen-bond acceptors (Lipinski definition) is 3. The summed E-state index contributed by atoms with van der Waals surface area (Å²) in [5.41, 5.74) is -0.0163. The molecule has 0 aliphatic heterocycles. The minimum absolute atomic E-state index is 0.340. The Morgan fingerprint density at radius 2 is 2.27 bits per heavy atom. The first-order valence-corrected chi connectivity index (χ1v) is 5.01. The van der Waals surface area contributed by atoms with Gasteiger partial charge in [0, 0.05) is 12.6 Å². The van der Waals surface area contributed by atoms with Crippen LogP contribution in [0.4, 0.5) is 0 Å². The lowest BCUT2D eigenvalue weighted by molar-refractivity contribution is 0.0891. The second-order valence-corrected chi connectivity index (χ2v) is 3.93. The van der Waals surface area contributed by atoms with Gasteiger partial charge in [0.25, 0.3) is 0 Å². The fourth-order valence-corrected chi connectivity index (χ4v) is 1.35. The minimum Gasteiger partial charge on any atom is -0.390 e. The third-order valence-corrected chi connectivity index (χ3v) is 2.43. The number of aliphatic hydroxyl groups excluding tert-OH is 1. The van der Waals surface area contributed by atoms with Crippen LogP contribution >= 0.6 is 0 Å². The molecule has 1 saturated carbocycles. The molecule has 1 aromatic rings. The SMILES string of the molecule is O[C@H](C#Cc1ccccn1)CC1(O)CC1. The van der Waals surface area contributed by atoms with Gasteiger partial charge in [-0.3, -0.25) is 0 Å². The van der Waals surface area contributed by atoms with Gasteiger partial charge in [-0.2, -0.15) is 0 Å². The van der Waals surface area contributed by atoms with Crippen LogP contribution in [0.1, 0.15) is 25.0 Å². The molecule has 0 bridgehead atoms. The van der Waals surface area contributed by atoms with Crippen LogP contribution in [0, 0.1) is 11.8 Å². The number of nitrogens with zero attached hydrogens (tertiary/aromatic N) is 1. The maximum absolute atomic E-state index is 9.55. The molecule has 1 atom stereocenters. The van der Waals surface area contributed by atoms with Crippen LogP contribution in [0.15, 0.2) is 24.4 Å². The van der Waals surface area contributed by atoms with Crippen LogP contribution in [-0.4, -0.2) is 26.9 Å². The van der Waals surface area contributed by atoms with Gasteiger partial charge in [0.05, 0.1) is 5.60 Å². The molecule has 1 fully saturated rings. The molecule has 15 heavy (non-hydrogen) atoms. The van der Waals surface area contributed by atoms with Gasteiger partial charge in [0.1, 0.15) is 11.8 Å². The van der Waals surface area contributed by atoms with Crippen LogP contribution in [0.2, 0.25) is 0 Å². The third kappa shape index (κ3) is 3.05. The Kier molecular flexibility index (Phi) is 2.72. The molecular weight excluding hydrogens is 190 g/mol. The van der Waals surface area contributed by atoms with Gasteiger partial charge in [0.2, 0.25) is 0 Å². The second-order valence-electron chi connectivity index (χ2n) is 3.93. The molecule has 0 unspecified atom stereocenters. The van der Waals surface area contributed by atoms with Crippen molar-refractivity contribution in [1.82, 2.24) is 4.98 Å². The van der Waals surface area contributed by atoms with Crippen molar-refractivity contribution in [2.24, 2.45) is 0 Å². The number of aliphatic hydroxyl groups is 2. The van der Waals surface area contributed by atoms with E-state index in [1.165, 1.54) is 0 Å². The molecule has 0 aromatic carbocycles. The van der Waals surface area contributed by atoms with E-state index in [0.717, 1.165) is 12.8 Å². The van der Waals surface area contributed by atoms with Gasteiger partial charge in [-0.1, -0.05) is 12.0 Å². The van der Waals surface area contributed by atoms with Crippen LogP contribution in [0.25, 0.3) is 0 Å². The summed E-state index contributed by atoms with van der Waals surface area (Å²) in [7, 11) is 0. The van der Waals surface area contributed by atoms with E-state index in [-0.39, 0.29) is 0 Å². The lowest BCUT2D eigenvalue weighted by atomic mass is 10.1. The Morgan fingerprint density at radius 3 is 2.87 bits per heavy atom.